The Morgan fingerprint density at radius 3 is 2.57 bits per heavy atom. The topological polar surface area (TPSA) is 65.4 Å². The van der Waals surface area contributed by atoms with Crippen molar-refractivity contribution in [1.82, 2.24) is 4.57 Å². The molecule has 0 radical (unpaired) electrons. The normalized spacial score (nSPS) is 16.1. The Morgan fingerprint density at radius 1 is 1.26 bits per heavy atom. The molecule has 1 aliphatic rings. The van der Waals surface area contributed by atoms with E-state index in [0.717, 1.165) is 12.8 Å². The molecule has 0 spiro atoms. The minimum atomic E-state index is -0.587. The first kappa shape index (κ1) is 17.4. The van der Waals surface area contributed by atoms with Crippen LogP contribution in [0.5, 0.6) is 0 Å². The monoisotopic (exact) mass is 319 g/mol. The molecule has 0 bridgehead atoms. The molecule has 1 aromatic heterocycles. The maximum atomic E-state index is 12.6. The number of nitrogens with zero attached hydrogens (tertiary/aromatic N) is 1. The second-order valence-corrected chi connectivity index (χ2v) is 6.88. The Morgan fingerprint density at radius 2 is 1.96 bits per heavy atom. The zero-order valence-electron chi connectivity index (χ0n) is 14.4. The fourth-order valence-electron chi connectivity index (χ4n) is 3.16. The maximum Gasteiger partial charge on any atom is 0.339 e. The van der Waals surface area contributed by atoms with Gasteiger partial charge in [-0.25, -0.2) is 4.79 Å². The summed E-state index contributed by atoms with van der Waals surface area (Å²) in [6.45, 7) is 8.58. The number of Topliss-reactive ketones (excluding diaryl/α,β-unsaturated/α-hetero) is 1. The number of pyridine rings is 1. The van der Waals surface area contributed by atoms with Crippen molar-refractivity contribution in [2.75, 3.05) is 6.61 Å². The van der Waals surface area contributed by atoms with Gasteiger partial charge in [0, 0.05) is 24.7 Å². The number of fused-ring (bicyclic) bond motifs is 1. The fraction of sp³-hybridized carbons (Fsp3) is 0.611. The predicted octanol–water partition coefficient (Wildman–Crippen LogP) is 2.98. The van der Waals surface area contributed by atoms with E-state index in [4.69, 9.17) is 4.74 Å². The van der Waals surface area contributed by atoms with Gasteiger partial charge in [0.15, 0.2) is 5.78 Å². The smallest absolute Gasteiger partial charge is 0.339 e. The van der Waals surface area contributed by atoms with Crippen LogP contribution in [-0.2, 0) is 17.7 Å². The van der Waals surface area contributed by atoms with Crippen LogP contribution in [0.1, 0.15) is 73.4 Å². The first-order chi connectivity index (χ1) is 10.8. The van der Waals surface area contributed by atoms with Crippen LogP contribution in [0.3, 0.4) is 0 Å². The van der Waals surface area contributed by atoms with Gasteiger partial charge in [0.25, 0.3) is 5.56 Å². The summed E-state index contributed by atoms with van der Waals surface area (Å²) in [6.07, 6.45) is 2.80. The third-order valence-corrected chi connectivity index (χ3v) is 4.21. The quantitative estimate of drug-likeness (QED) is 0.783. The molecular formula is C18H25NO4. The molecule has 0 fully saturated rings. The summed E-state index contributed by atoms with van der Waals surface area (Å²) in [4.78, 5) is 37.3. The maximum absolute atomic E-state index is 12.6. The van der Waals surface area contributed by atoms with E-state index in [1.54, 1.807) is 11.5 Å². The Hall–Kier alpha value is -1.91. The summed E-state index contributed by atoms with van der Waals surface area (Å²) < 4.78 is 6.70. The van der Waals surface area contributed by atoms with Crippen LogP contribution in [0, 0.1) is 5.41 Å². The number of hydrogen-bond acceptors (Lipinski definition) is 4. The Labute approximate surface area is 136 Å². The van der Waals surface area contributed by atoms with Crippen LogP contribution < -0.4 is 5.56 Å². The van der Waals surface area contributed by atoms with Crippen molar-refractivity contribution < 1.29 is 14.3 Å². The van der Waals surface area contributed by atoms with E-state index in [9.17, 15) is 14.4 Å². The van der Waals surface area contributed by atoms with E-state index in [2.05, 4.69) is 6.92 Å². The standard InChI is InChI=1S/C18H25NO4/c1-5-7-8-19-13-10-18(3,4)11-14(20)16(13)12(9-15(19)21)17(22)23-6-2/h9H,5-8,10-11H2,1-4H3. The zero-order valence-corrected chi connectivity index (χ0v) is 14.4. The number of aromatic nitrogens is 1. The number of unbranched alkanes of at least 4 members (excludes halogenated alkanes) is 1. The molecule has 0 saturated carbocycles. The highest BCUT2D eigenvalue weighted by molar-refractivity contribution is 6.08. The van der Waals surface area contributed by atoms with Crippen molar-refractivity contribution in [3.05, 3.63) is 33.2 Å². The van der Waals surface area contributed by atoms with Crippen LogP contribution in [0.2, 0.25) is 0 Å². The second-order valence-electron chi connectivity index (χ2n) is 6.88. The van der Waals surface area contributed by atoms with E-state index >= 15 is 0 Å². The number of ether oxygens (including phenoxy) is 1. The summed E-state index contributed by atoms with van der Waals surface area (Å²) >= 11 is 0. The fourth-order valence-corrected chi connectivity index (χ4v) is 3.16. The van der Waals surface area contributed by atoms with Crippen molar-refractivity contribution in [3.8, 4) is 0 Å². The van der Waals surface area contributed by atoms with Gasteiger partial charge in [0.05, 0.1) is 17.7 Å². The number of carbonyl (C=O) groups excluding carboxylic acids is 2. The molecule has 0 unspecified atom stereocenters. The second kappa shape index (κ2) is 6.69. The van der Waals surface area contributed by atoms with Crippen LogP contribution in [0.15, 0.2) is 10.9 Å². The van der Waals surface area contributed by atoms with Gasteiger partial charge in [-0.2, -0.15) is 0 Å². The summed E-state index contributed by atoms with van der Waals surface area (Å²) in [5.74, 6) is -0.666. The molecule has 23 heavy (non-hydrogen) atoms. The molecule has 0 atom stereocenters. The van der Waals surface area contributed by atoms with Crippen molar-refractivity contribution in [2.45, 2.75) is 59.9 Å². The van der Waals surface area contributed by atoms with Crippen molar-refractivity contribution in [1.29, 1.82) is 0 Å². The first-order valence-corrected chi connectivity index (χ1v) is 8.27. The summed E-state index contributed by atoms with van der Waals surface area (Å²) in [7, 11) is 0. The summed E-state index contributed by atoms with van der Waals surface area (Å²) in [5.41, 5.74) is 0.761. The van der Waals surface area contributed by atoms with Gasteiger partial charge in [0.1, 0.15) is 0 Å². The average Bonchev–Trinajstić information content (AvgIpc) is 2.44. The summed E-state index contributed by atoms with van der Waals surface area (Å²) in [6, 6.07) is 1.27. The van der Waals surface area contributed by atoms with Gasteiger partial charge in [-0.15, -0.1) is 0 Å². The molecule has 1 aliphatic carbocycles. The third kappa shape index (κ3) is 3.54. The predicted molar refractivity (Wildman–Crippen MR) is 88.0 cm³/mol. The van der Waals surface area contributed by atoms with E-state index in [-0.39, 0.29) is 28.9 Å². The molecule has 5 nitrogen and oxygen atoms in total. The minimum absolute atomic E-state index is 0.0791. The van der Waals surface area contributed by atoms with Crippen LogP contribution >= 0.6 is 0 Å². The molecule has 126 valence electrons. The molecule has 1 heterocycles. The lowest BCUT2D eigenvalue weighted by Gasteiger charge is -2.32. The van der Waals surface area contributed by atoms with Gasteiger partial charge in [-0.3, -0.25) is 9.59 Å². The minimum Gasteiger partial charge on any atom is -0.462 e. The van der Waals surface area contributed by atoms with Crippen LogP contribution in [0.25, 0.3) is 0 Å². The lowest BCUT2D eigenvalue weighted by molar-refractivity contribution is 0.0520. The van der Waals surface area contributed by atoms with E-state index in [1.165, 1.54) is 6.07 Å². The van der Waals surface area contributed by atoms with Gasteiger partial charge in [-0.05, 0) is 25.2 Å². The number of carbonyl (C=O) groups is 2. The van der Waals surface area contributed by atoms with Gasteiger partial charge < -0.3 is 9.30 Å². The molecule has 0 aromatic carbocycles. The molecule has 0 saturated heterocycles. The average molecular weight is 319 g/mol. The summed E-state index contributed by atoms with van der Waals surface area (Å²) in [5, 5.41) is 0. The number of ketones is 1. The highest BCUT2D eigenvalue weighted by atomic mass is 16.5. The number of rotatable bonds is 5. The molecule has 0 aliphatic heterocycles. The van der Waals surface area contributed by atoms with Crippen LogP contribution in [0.4, 0.5) is 0 Å². The van der Waals surface area contributed by atoms with E-state index in [0.29, 0.717) is 30.6 Å². The first-order valence-electron chi connectivity index (χ1n) is 8.27. The van der Waals surface area contributed by atoms with Gasteiger partial charge >= 0.3 is 5.97 Å². The van der Waals surface area contributed by atoms with Crippen molar-refractivity contribution >= 4 is 11.8 Å². The molecule has 0 amide bonds. The number of esters is 1. The highest BCUT2D eigenvalue weighted by Crippen LogP contribution is 2.35. The highest BCUT2D eigenvalue weighted by Gasteiger charge is 2.36. The largest absolute Gasteiger partial charge is 0.462 e. The third-order valence-electron chi connectivity index (χ3n) is 4.21. The Balaban J connectivity index is 2.66. The molecule has 1 aromatic rings. The van der Waals surface area contributed by atoms with Gasteiger partial charge in [0.2, 0.25) is 0 Å². The molecule has 5 heteroatoms. The van der Waals surface area contributed by atoms with Crippen molar-refractivity contribution in [2.24, 2.45) is 5.41 Å². The van der Waals surface area contributed by atoms with Crippen molar-refractivity contribution in [3.63, 3.8) is 0 Å². The van der Waals surface area contributed by atoms with E-state index < -0.39 is 5.97 Å². The lowest BCUT2D eigenvalue weighted by Crippen LogP contribution is -2.37. The molecular weight excluding hydrogens is 294 g/mol. The SMILES string of the molecule is CCCCn1c2c(c(C(=O)OCC)cc1=O)C(=O)CC(C)(C)C2. The van der Waals surface area contributed by atoms with Crippen LogP contribution in [-0.4, -0.2) is 22.9 Å². The Kier molecular flexibility index (Phi) is 5.07. The number of hydrogen-bond donors (Lipinski definition) is 0. The zero-order chi connectivity index (χ0) is 17.2. The molecule has 2 rings (SSSR count). The molecule has 0 N–H and O–H groups in total. The lowest BCUT2D eigenvalue weighted by atomic mass is 9.74. The van der Waals surface area contributed by atoms with Gasteiger partial charge in [-0.1, -0.05) is 27.2 Å². The Bertz CT molecular complexity index is 685. The van der Waals surface area contributed by atoms with E-state index in [1.807, 2.05) is 13.8 Å².